The van der Waals surface area contributed by atoms with Crippen LogP contribution in [-0.4, -0.2) is 41.2 Å². The predicted molar refractivity (Wildman–Crippen MR) is 112 cm³/mol. The van der Waals surface area contributed by atoms with Crippen LogP contribution in [0.5, 0.6) is 0 Å². The summed E-state index contributed by atoms with van der Waals surface area (Å²) in [5.74, 6) is 0.483. The zero-order valence-corrected chi connectivity index (χ0v) is 17.5. The molecule has 1 amide bonds. The van der Waals surface area contributed by atoms with E-state index in [-0.39, 0.29) is 11.9 Å². The number of carbonyl (C=O) groups is 1. The second-order valence-corrected chi connectivity index (χ2v) is 8.72. The van der Waals surface area contributed by atoms with Crippen molar-refractivity contribution in [2.45, 2.75) is 33.4 Å². The normalized spacial score (nSPS) is 12.9. The van der Waals surface area contributed by atoms with Crippen molar-refractivity contribution in [2.75, 3.05) is 20.6 Å². The van der Waals surface area contributed by atoms with Crippen molar-refractivity contribution in [2.24, 2.45) is 5.92 Å². The lowest BCUT2D eigenvalue weighted by atomic mass is 10.1. The van der Waals surface area contributed by atoms with E-state index in [1.54, 1.807) is 0 Å². The summed E-state index contributed by atoms with van der Waals surface area (Å²) in [6.07, 6.45) is 0. The van der Waals surface area contributed by atoms with Gasteiger partial charge in [0.05, 0.1) is 16.6 Å². The number of nitrogens with zero attached hydrogens (tertiary/aromatic N) is 3. The summed E-state index contributed by atoms with van der Waals surface area (Å²) in [6, 6.07) is 12.1. The number of rotatable bonds is 7. The highest BCUT2D eigenvalue weighted by atomic mass is 32.1. The molecule has 0 fully saturated rings. The van der Waals surface area contributed by atoms with Gasteiger partial charge in [-0.2, -0.15) is 5.10 Å². The van der Waals surface area contributed by atoms with Gasteiger partial charge in [-0.15, -0.1) is 11.3 Å². The average Bonchev–Trinajstić information content (AvgIpc) is 3.16. The standard InChI is InChI=1S/C21H28N4OS/c1-14(2)12-25-21-17(15(3)23-25)11-19(27-21)20(26)22-18(13-24(4)5)16-9-7-6-8-10-16/h6-11,14,18H,12-13H2,1-5H3,(H,22,26). The summed E-state index contributed by atoms with van der Waals surface area (Å²) in [6.45, 7) is 7.97. The molecule has 0 saturated carbocycles. The van der Waals surface area contributed by atoms with Gasteiger partial charge in [-0.25, -0.2) is 0 Å². The molecule has 3 aromatic rings. The summed E-state index contributed by atoms with van der Waals surface area (Å²) < 4.78 is 2.03. The van der Waals surface area contributed by atoms with Gasteiger partial charge in [0.1, 0.15) is 4.83 Å². The van der Waals surface area contributed by atoms with Gasteiger partial charge >= 0.3 is 0 Å². The van der Waals surface area contributed by atoms with E-state index in [9.17, 15) is 4.79 Å². The minimum atomic E-state index is -0.0489. The van der Waals surface area contributed by atoms with E-state index >= 15 is 0 Å². The largest absolute Gasteiger partial charge is 0.343 e. The van der Waals surface area contributed by atoms with Gasteiger partial charge in [0.2, 0.25) is 0 Å². The Balaban J connectivity index is 1.85. The molecule has 0 aliphatic rings. The van der Waals surface area contributed by atoms with Gasteiger partial charge in [0.15, 0.2) is 0 Å². The summed E-state index contributed by atoms with van der Waals surface area (Å²) in [7, 11) is 4.04. The highest BCUT2D eigenvalue weighted by Gasteiger charge is 2.20. The Hall–Kier alpha value is -2.18. The van der Waals surface area contributed by atoms with Crippen molar-refractivity contribution in [3.8, 4) is 0 Å². The van der Waals surface area contributed by atoms with Crippen LogP contribution in [0.25, 0.3) is 10.2 Å². The van der Waals surface area contributed by atoms with Crippen molar-refractivity contribution >= 4 is 27.5 Å². The number of benzene rings is 1. The van der Waals surface area contributed by atoms with Gasteiger partial charge in [-0.05, 0) is 38.6 Å². The molecule has 0 bridgehead atoms. The number of aryl methyl sites for hydroxylation is 1. The predicted octanol–water partition coefficient (Wildman–Crippen LogP) is 4.09. The lowest BCUT2D eigenvalue weighted by molar-refractivity contribution is 0.0934. The summed E-state index contributed by atoms with van der Waals surface area (Å²) in [4.78, 5) is 16.9. The van der Waals surface area contributed by atoms with Crippen LogP contribution in [0, 0.1) is 12.8 Å². The second-order valence-electron chi connectivity index (χ2n) is 7.69. The molecular formula is C21H28N4OS. The number of thiophene rings is 1. The number of carbonyl (C=O) groups excluding carboxylic acids is 1. The van der Waals surface area contributed by atoms with E-state index in [0.717, 1.165) is 39.4 Å². The lowest BCUT2D eigenvalue weighted by Crippen LogP contribution is -2.34. The molecule has 5 nitrogen and oxygen atoms in total. The lowest BCUT2D eigenvalue weighted by Gasteiger charge is -2.22. The first-order valence-corrected chi connectivity index (χ1v) is 10.1. The van der Waals surface area contributed by atoms with Gasteiger partial charge in [-0.3, -0.25) is 9.48 Å². The number of hydrogen-bond acceptors (Lipinski definition) is 4. The van der Waals surface area contributed by atoms with Crippen LogP contribution >= 0.6 is 11.3 Å². The maximum Gasteiger partial charge on any atom is 0.261 e. The van der Waals surface area contributed by atoms with Crippen LogP contribution < -0.4 is 5.32 Å². The monoisotopic (exact) mass is 384 g/mol. The Kier molecular flexibility index (Phi) is 5.97. The molecule has 1 N–H and O–H groups in total. The molecule has 3 rings (SSSR count). The van der Waals surface area contributed by atoms with Crippen molar-refractivity contribution < 1.29 is 4.79 Å². The number of likely N-dealkylation sites (N-methyl/N-ethyl adjacent to an activating group) is 1. The van der Waals surface area contributed by atoms with Crippen molar-refractivity contribution in [3.05, 3.63) is 52.5 Å². The summed E-state index contributed by atoms with van der Waals surface area (Å²) in [5, 5.41) is 8.92. The molecule has 6 heteroatoms. The maximum atomic E-state index is 13.0. The summed E-state index contributed by atoms with van der Waals surface area (Å²) in [5.41, 5.74) is 2.09. The second kappa shape index (κ2) is 8.23. The number of amides is 1. The Labute approximate surface area is 165 Å². The number of nitrogens with one attached hydrogen (secondary N) is 1. The molecule has 0 aliphatic heterocycles. The van der Waals surface area contributed by atoms with Crippen molar-refractivity contribution in [1.29, 1.82) is 0 Å². The third kappa shape index (κ3) is 4.57. The molecule has 1 aromatic carbocycles. The van der Waals surface area contributed by atoms with Crippen molar-refractivity contribution in [1.82, 2.24) is 20.0 Å². The van der Waals surface area contributed by atoms with E-state index < -0.39 is 0 Å². The molecule has 2 heterocycles. The van der Waals surface area contributed by atoms with E-state index in [0.29, 0.717) is 5.92 Å². The fourth-order valence-electron chi connectivity index (χ4n) is 3.21. The number of hydrogen-bond donors (Lipinski definition) is 1. The molecule has 0 saturated heterocycles. The van der Waals surface area contributed by atoms with Crippen LogP contribution in [0.15, 0.2) is 36.4 Å². The quantitative estimate of drug-likeness (QED) is 0.667. The van der Waals surface area contributed by atoms with Crippen LogP contribution in [-0.2, 0) is 6.54 Å². The smallest absolute Gasteiger partial charge is 0.261 e. The minimum Gasteiger partial charge on any atom is -0.343 e. The van der Waals surface area contributed by atoms with E-state index in [2.05, 4.69) is 41.3 Å². The van der Waals surface area contributed by atoms with Gasteiger partial charge < -0.3 is 10.2 Å². The molecule has 0 radical (unpaired) electrons. The molecule has 27 heavy (non-hydrogen) atoms. The molecule has 1 atom stereocenters. The van der Waals surface area contributed by atoms with Crippen LogP contribution in [0.2, 0.25) is 0 Å². The van der Waals surface area contributed by atoms with E-state index in [1.807, 2.05) is 50.0 Å². The minimum absolute atomic E-state index is 0.0256. The highest BCUT2D eigenvalue weighted by Crippen LogP contribution is 2.29. The highest BCUT2D eigenvalue weighted by molar-refractivity contribution is 7.20. The van der Waals surface area contributed by atoms with E-state index in [1.165, 1.54) is 11.3 Å². The summed E-state index contributed by atoms with van der Waals surface area (Å²) >= 11 is 1.53. The van der Waals surface area contributed by atoms with Gasteiger partial charge in [-0.1, -0.05) is 44.2 Å². The SMILES string of the molecule is Cc1nn(CC(C)C)c2sc(C(=O)NC(CN(C)C)c3ccccc3)cc12. The molecular weight excluding hydrogens is 356 g/mol. The Morgan fingerprint density at radius 2 is 1.96 bits per heavy atom. The van der Waals surface area contributed by atoms with Crippen LogP contribution in [0.4, 0.5) is 0 Å². The van der Waals surface area contributed by atoms with Crippen LogP contribution in [0.3, 0.4) is 0 Å². The fraction of sp³-hybridized carbons (Fsp3) is 0.429. The van der Waals surface area contributed by atoms with Crippen LogP contribution in [0.1, 0.15) is 40.8 Å². The molecule has 144 valence electrons. The molecule has 0 spiro atoms. The number of aromatic nitrogens is 2. The van der Waals surface area contributed by atoms with Gasteiger partial charge in [0, 0.05) is 18.5 Å². The third-order valence-corrected chi connectivity index (χ3v) is 5.57. The topological polar surface area (TPSA) is 50.2 Å². The average molecular weight is 385 g/mol. The number of fused-ring (bicyclic) bond motifs is 1. The van der Waals surface area contributed by atoms with Gasteiger partial charge in [0.25, 0.3) is 5.91 Å². The molecule has 2 aromatic heterocycles. The molecule has 0 aliphatic carbocycles. The fourth-order valence-corrected chi connectivity index (χ4v) is 4.28. The Bertz CT molecular complexity index is 911. The first-order chi connectivity index (χ1) is 12.8. The molecule has 1 unspecified atom stereocenters. The Morgan fingerprint density at radius 3 is 2.59 bits per heavy atom. The zero-order chi connectivity index (χ0) is 19.6. The van der Waals surface area contributed by atoms with Crippen molar-refractivity contribution in [3.63, 3.8) is 0 Å². The zero-order valence-electron chi connectivity index (χ0n) is 16.7. The Morgan fingerprint density at radius 1 is 1.26 bits per heavy atom. The third-order valence-electron chi connectivity index (χ3n) is 4.42. The van der Waals surface area contributed by atoms with E-state index in [4.69, 9.17) is 0 Å². The first-order valence-electron chi connectivity index (χ1n) is 9.32. The maximum absolute atomic E-state index is 13.0. The first kappa shape index (κ1) is 19.6.